The summed E-state index contributed by atoms with van der Waals surface area (Å²) in [7, 11) is -4.77. The van der Waals surface area contributed by atoms with Gasteiger partial charge in [0.15, 0.2) is 14.2 Å². The Morgan fingerprint density at radius 3 is 2.45 bits per heavy atom. The molecule has 1 N–H and O–H groups in total. The number of nitrogens with one attached hydrogen (secondary N) is 1. The Morgan fingerprint density at radius 2 is 1.97 bits per heavy atom. The van der Waals surface area contributed by atoms with Crippen molar-refractivity contribution >= 4 is 41.5 Å². The molecule has 31 heavy (non-hydrogen) atoms. The van der Waals surface area contributed by atoms with Gasteiger partial charge in [0.05, 0.1) is 18.4 Å². The summed E-state index contributed by atoms with van der Waals surface area (Å²) in [6.07, 6.45) is 1.43. The molecule has 1 saturated heterocycles. The Kier molecular flexibility index (Phi) is 8.71. The van der Waals surface area contributed by atoms with E-state index in [1.165, 1.54) is 11.3 Å². The Labute approximate surface area is 192 Å². The molecule has 0 bridgehead atoms. The minimum atomic E-state index is -3.47. The number of amides is 1. The van der Waals surface area contributed by atoms with Gasteiger partial charge in [-0.1, -0.05) is 34.6 Å². The summed E-state index contributed by atoms with van der Waals surface area (Å²) in [6.45, 7) is 15.9. The Bertz CT molecular complexity index is 845. The third-order valence-corrected chi connectivity index (χ3v) is 7.19. The molecule has 0 radical (unpaired) electrons. The molecule has 1 aromatic rings. The van der Waals surface area contributed by atoms with Crippen LogP contribution < -0.4 is 10.2 Å². The van der Waals surface area contributed by atoms with Crippen LogP contribution in [0.15, 0.2) is 5.38 Å². The third kappa shape index (κ3) is 8.12. The lowest BCUT2D eigenvalue weighted by Crippen LogP contribution is -2.53. The van der Waals surface area contributed by atoms with E-state index in [0.717, 1.165) is 12.7 Å². The van der Waals surface area contributed by atoms with E-state index in [0.29, 0.717) is 29.8 Å². The van der Waals surface area contributed by atoms with Crippen molar-refractivity contribution in [3.8, 4) is 0 Å². The Morgan fingerprint density at radius 1 is 1.35 bits per heavy atom. The highest BCUT2D eigenvalue weighted by Gasteiger charge is 2.36. The van der Waals surface area contributed by atoms with Crippen molar-refractivity contribution in [1.29, 1.82) is 0 Å². The van der Waals surface area contributed by atoms with Crippen LogP contribution >= 0.6 is 11.3 Å². The van der Waals surface area contributed by atoms with Crippen LogP contribution in [0.5, 0.6) is 0 Å². The average Bonchev–Trinajstić information content (AvgIpc) is 3.02. The molecule has 0 spiro atoms. The van der Waals surface area contributed by atoms with Gasteiger partial charge in [0, 0.05) is 18.5 Å². The largest absolute Gasteiger partial charge is 0.415 e. The predicted molar refractivity (Wildman–Crippen MR) is 128 cm³/mol. The van der Waals surface area contributed by atoms with Crippen LogP contribution in [0.3, 0.4) is 0 Å². The van der Waals surface area contributed by atoms with E-state index in [1.54, 1.807) is 5.38 Å². The highest BCUT2D eigenvalue weighted by Crippen LogP contribution is 2.30. The maximum Gasteiger partial charge on any atom is 0.271 e. The van der Waals surface area contributed by atoms with Crippen molar-refractivity contribution in [2.45, 2.75) is 72.4 Å². The summed E-state index contributed by atoms with van der Waals surface area (Å²) in [4.78, 5) is 19.4. The zero-order valence-corrected chi connectivity index (χ0v) is 22.6. The minimum Gasteiger partial charge on any atom is -0.415 e. The molecule has 1 amide bonds. The van der Waals surface area contributed by atoms with Gasteiger partial charge in [-0.15, -0.1) is 11.3 Å². The van der Waals surface area contributed by atoms with Crippen LogP contribution in [0.2, 0.25) is 13.1 Å². The minimum absolute atomic E-state index is 0.0760. The van der Waals surface area contributed by atoms with Crippen LogP contribution in [0, 0.1) is 11.3 Å². The van der Waals surface area contributed by atoms with Gasteiger partial charge in [-0.05, 0) is 30.8 Å². The normalized spacial score (nSPS) is 17.7. The van der Waals surface area contributed by atoms with Crippen molar-refractivity contribution < 1.29 is 21.8 Å². The fourth-order valence-corrected chi connectivity index (χ4v) is 6.25. The molecule has 2 unspecified atom stereocenters. The number of rotatable bonds is 10. The molecular formula is C20H37N3O5S2Si. The smallest absolute Gasteiger partial charge is 0.271 e. The maximum absolute atomic E-state index is 13.0. The number of nitrogens with zero attached hydrogens (tertiary/aromatic N) is 2. The van der Waals surface area contributed by atoms with Crippen molar-refractivity contribution in [1.82, 2.24) is 10.3 Å². The number of carbonyl (C=O) groups excluding carboxylic acids is 1. The van der Waals surface area contributed by atoms with Crippen LogP contribution in [0.1, 0.15) is 51.5 Å². The van der Waals surface area contributed by atoms with E-state index in [2.05, 4.69) is 58.0 Å². The number of aromatic nitrogens is 1. The molecular weight excluding hydrogens is 454 g/mol. The lowest BCUT2D eigenvalue weighted by Gasteiger charge is -2.39. The second kappa shape index (κ2) is 10.3. The zero-order chi connectivity index (χ0) is 23.6. The lowest BCUT2D eigenvalue weighted by atomic mass is 9.82. The van der Waals surface area contributed by atoms with Gasteiger partial charge in [0.2, 0.25) is 0 Å². The number of anilines is 1. The van der Waals surface area contributed by atoms with E-state index in [9.17, 15) is 13.2 Å². The average molecular weight is 492 g/mol. The summed E-state index contributed by atoms with van der Waals surface area (Å²) in [5.74, 6) is 0.201. The highest BCUT2D eigenvalue weighted by molar-refractivity contribution is 7.86. The first kappa shape index (κ1) is 26.2. The van der Waals surface area contributed by atoms with Crippen molar-refractivity contribution in [3.63, 3.8) is 0 Å². The first-order chi connectivity index (χ1) is 14.2. The molecule has 1 aliphatic heterocycles. The molecule has 1 fully saturated rings. The highest BCUT2D eigenvalue weighted by atomic mass is 32.2. The van der Waals surface area contributed by atoms with Gasteiger partial charge in [0.1, 0.15) is 11.8 Å². The maximum atomic E-state index is 13.0. The molecule has 11 heteroatoms. The van der Waals surface area contributed by atoms with Gasteiger partial charge < -0.3 is 14.6 Å². The summed E-state index contributed by atoms with van der Waals surface area (Å²) >= 11 is 1.37. The lowest BCUT2D eigenvalue weighted by molar-refractivity contribution is 0.0402. The number of hydrogen-bond donors (Lipinski definition) is 1. The molecule has 2 rings (SSSR count). The SMILES string of the molecule is CC(C)CC(NC(=O)c1csc(N2CC(OS(C)(=O)=O)C2)n1)C(O[SiH](C)C)C(C)(C)C. The summed E-state index contributed by atoms with van der Waals surface area (Å²) < 4.78 is 33.8. The molecule has 0 aliphatic carbocycles. The van der Waals surface area contributed by atoms with Gasteiger partial charge >= 0.3 is 0 Å². The van der Waals surface area contributed by atoms with Gasteiger partial charge in [-0.3, -0.25) is 8.98 Å². The fourth-order valence-electron chi connectivity index (χ4n) is 3.62. The van der Waals surface area contributed by atoms with Gasteiger partial charge in [-0.25, -0.2) is 4.98 Å². The van der Waals surface area contributed by atoms with Crippen LogP contribution in [-0.2, 0) is 18.7 Å². The molecule has 178 valence electrons. The van der Waals surface area contributed by atoms with E-state index < -0.39 is 19.2 Å². The number of hydrogen-bond acceptors (Lipinski definition) is 8. The van der Waals surface area contributed by atoms with Gasteiger partial charge in [0.25, 0.3) is 16.0 Å². The first-order valence-electron chi connectivity index (χ1n) is 10.7. The summed E-state index contributed by atoms with van der Waals surface area (Å²) in [6, 6.07) is -0.107. The molecule has 1 aliphatic rings. The molecule has 0 saturated carbocycles. The van der Waals surface area contributed by atoms with Crippen LogP contribution in [0.4, 0.5) is 5.13 Å². The van der Waals surface area contributed by atoms with Crippen molar-refractivity contribution in [3.05, 3.63) is 11.1 Å². The Hall–Kier alpha value is -1.01. The second-order valence-corrected chi connectivity index (χ2v) is 14.8. The van der Waals surface area contributed by atoms with Crippen molar-refractivity contribution in [2.24, 2.45) is 11.3 Å². The zero-order valence-electron chi connectivity index (χ0n) is 19.8. The van der Waals surface area contributed by atoms with Crippen LogP contribution in [0.25, 0.3) is 0 Å². The first-order valence-corrected chi connectivity index (χ1v) is 16.2. The van der Waals surface area contributed by atoms with Gasteiger partial charge in [-0.2, -0.15) is 8.42 Å². The Balaban J connectivity index is 2.07. The van der Waals surface area contributed by atoms with Crippen LogP contribution in [-0.4, -0.2) is 65.9 Å². The number of thiazole rings is 1. The fraction of sp³-hybridized carbons (Fsp3) is 0.800. The van der Waals surface area contributed by atoms with E-state index >= 15 is 0 Å². The standard InChI is InChI=1S/C20H37N3O5S2Si/c1-13(2)9-15(17(20(3,4)5)28-31(7)8)21-18(24)16-12-29-19(22-16)23-10-14(11-23)27-30(6,25)26/h12-15,17,31H,9-11H2,1-8H3,(H,21,24). The molecule has 2 atom stereocenters. The second-order valence-electron chi connectivity index (χ2n) is 10.0. The van der Waals surface area contributed by atoms with E-state index in [1.807, 2.05) is 4.90 Å². The third-order valence-electron chi connectivity index (χ3n) is 4.83. The van der Waals surface area contributed by atoms with E-state index in [-0.39, 0.29) is 29.6 Å². The molecule has 2 heterocycles. The van der Waals surface area contributed by atoms with Crippen molar-refractivity contribution in [2.75, 3.05) is 24.2 Å². The number of carbonyl (C=O) groups is 1. The quantitative estimate of drug-likeness (QED) is 0.397. The molecule has 1 aromatic heterocycles. The predicted octanol–water partition coefficient (Wildman–Crippen LogP) is 2.87. The molecule has 8 nitrogen and oxygen atoms in total. The molecule has 0 aromatic carbocycles. The monoisotopic (exact) mass is 491 g/mol. The summed E-state index contributed by atoms with van der Waals surface area (Å²) in [5, 5.41) is 5.62. The summed E-state index contributed by atoms with van der Waals surface area (Å²) in [5.41, 5.74) is 0.263. The topological polar surface area (TPSA) is 97.8 Å². The van der Waals surface area contributed by atoms with E-state index in [4.69, 9.17) is 8.61 Å².